The van der Waals surface area contributed by atoms with Gasteiger partial charge in [0.15, 0.2) is 0 Å². The number of nitrogen functional groups attached to an aromatic ring is 1. The van der Waals surface area contributed by atoms with Gasteiger partial charge in [0.25, 0.3) is 0 Å². The van der Waals surface area contributed by atoms with E-state index < -0.39 is 24.3 Å². The van der Waals surface area contributed by atoms with Gasteiger partial charge in [-0.25, -0.2) is 4.68 Å². The smallest absolute Gasteiger partial charge is 0.429 e. The van der Waals surface area contributed by atoms with Gasteiger partial charge in [0.1, 0.15) is 11.9 Å². The molecule has 2 saturated heterocycles. The number of alkyl halides is 3. The maximum Gasteiger partial charge on any atom is 0.429 e. The van der Waals surface area contributed by atoms with E-state index in [4.69, 9.17) is 10.5 Å². The molecule has 1 spiro atoms. The standard InChI is InChI=1S/C32H34F3N7O3S/c1-19-9-12-42(40-19)25-15-21(20-3-6-22(46-2)7-4-20)5-8-23(25)28(32(33,34)35)45-27-16-26(38-30(36)39-27)41-13-10-31(11-14-41)17-24(29(43)44)37-18-31/h3-9,12,15-16,24,28,37H,10-11,13-14,17-18H2,1-2H3,(H,43,44)(H2,36,38,39)/t24-,28?/m0/s1. The highest BCUT2D eigenvalue weighted by atomic mass is 32.2. The third-order valence-electron chi connectivity index (χ3n) is 8.75. The number of aryl methyl sites for hydroxylation is 1. The summed E-state index contributed by atoms with van der Waals surface area (Å²) < 4.78 is 51.5. The molecule has 2 aliphatic rings. The molecule has 2 atom stereocenters. The van der Waals surface area contributed by atoms with E-state index in [2.05, 4.69) is 20.4 Å². The van der Waals surface area contributed by atoms with E-state index >= 15 is 0 Å². The summed E-state index contributed by atoms with van der Waals surface area (Å²) in [4.78, 5) is 22.7. The van der Waals surface area contributed by atoms with Gasteiger partial charge in [-0.3, -0.25) is 4.79 Å². The van der Waals surface area contributed by atoms with Gasteiger partial charge >= 0.3 is 12.1 Å². The molecule has 0 saturated carbocycles. The minimum absolute atomic E-state index is 0.138. The van der Waals surface area contributed by atoms with Crippen molar-refractivity contribution in [3.05, 3.63) is 72.1 Å². The molecule has 242 valence electrons. The van der Waals surface area contributed by atoms with Crippen LogP contribution in [0.4, 0.5) is 24.9 Å². The number of thioether (sulfide) groups is 1. The van der Waals surface area contributed by atoms with E-state index in [9.17, 15) is 23.1 Å². The van der Waals surface area contributed by atoms with Crippen LogP contribution in [0.3, 0.4) is 0 Å². The predicted molar refractivity (Wildman–Crippen MR) is 169 cm³/mol. The lowest BCUT2D eigenvalue weighted by Crippen LogP contribution is -2.41. The molecule has 0 bridgehead atoms. The van der Waals surface area contributed by atoms with Crippen molar-refractivity contribution in [1.29, 1.82) is 0 Å². The summed E-state index contributed by atoms with van der Waals surface area (Å²) in [6.45, 7) is 3.44. The Bertz CT molecular complexity index is 1720. The van der Waals surface area contributed by atoms with Crippen molar-refractivity contribution in [2.75, 3.05) is 36.5 Å². The number of hydrogen-bond acceptors (Lipinski definition) is 9. The first-order valence-corrected chi connectivity index (χ1v) is 16.1. The van der Waals surface area contributed by atoms with Crippen LogP contribution in [0.2, 0.25) is 0 Å². The van der Waals surface area contributed by atoms with Crippen molar-refractivity contribution in [2.24, 2.45) is 5.41 Å². The molecular formula is C32H34F3N7O3S. The lowest BCUT2D eigenvalue weighted by Gasteiger charge is -2.39. The molecule has 0 amide bonds. The van der Waals surface area contributed by atoms with Crippen molar-refractivity contribution in [1.82, 2.24) is 25.1 Å². The summed E-state index contributed by atoms with van der Waals surface area (Å²) >= 11 is 1.60. The Morgan fingerprint density at radius 1 is 1.11 bits per heavy atom. The number of carbonyl (C=O) groups is 1. The molecule has 4 aromatic rings. The number of piperidine rings is 1. The zero-order valence-electron chi connectivity index (χ0n) is 25.3. The minimum atomic E-state index is -4.81. The van der Waals surface area contributed by atoms with Gasteiger partial charge < -0.3 is 25.8 Å². The zero-order chi connectivity index (χ0) is 32.6. The summed E-state index contributed by atoms with van der Waals surface area (Å²) in [6.07, 6.45) is -1.67. The Balaban J connectivity index is 1.30. The van der Waals surface area contributed by atoms with Crippen LogP contribution in [0.5, 0.6) is 5.88 Å². The lowest BCUT2D eigenvalue weighted by atomic mass is 9.76. The van der Waals surface area contributed by atoms with Gasteiger partial charge in [-0.1, -0.05) is 24.3 Å². The quantitative estimate of drug-likeness (QED) is 0.205. The number of aliphatic carboxylic acids is 1. The third-order valence-corrected chi connectivity index (χ3v) is 9.50. The number of ether oxygens (including phenoxy) is 1. The highest BCUT2D eigenvalue weighted by molar-refractivity contribution is 7.98. The number of hydrogen-bond donors (Lipinski definition) is 3. The summed E-state index contributed by atoms with van der Waals surface area (Å²) in [7, 11) is 0. The fourth-order valence-corrected chi connectivity index (χ4v) is 6.65. The number of nitrogens with one attached hydrogen (secondary N) is 1. The summed E-state index contributed by atoms with van der Waals surface area (Å²) in [5.41, 5.74) is 8.14. The first kappa shape index (κ1) is 31.7. The normalized spacial score (nSPS) is 18.5. The third kappa shape index (κ3) is 6.63. The molecule has 14 heteroatoms. The average molecular weight is 654 g/mol. The summed E-state index contributed by atoms with van der Waals surface area (Å²) in [6, 6.07) is 15.0. The molecule has 2 fully saturated rings. The van der Waals surface area contributed by atoms with Gasteiger partial charge in [0, 0.05) is 42.4 Å². The second-order valence-electron chi connectivity index (χ2n) is 11.8. The predicted octanol–water partition coefficient (Wildman–Crippen LogP) is 5.66. The number of aromatic nitrogens is 4. The number of rotatable bonds is 8. The van der Waals surface area contributed by atoms with Crippen molar-refractivity contribution in [3.8, 4) is 22.7 Å². The van der Waals surface area contributed by atoms with Crippen molar-refractivity contribution >= 4 is 29.5 Å². The topological polar surface area (TPSA) is 131 Å². The first-order valence-electron chi connectivity index (χ1n) is 14.8. The Kier molecular flexibility index (Phi) is 8.59. The van der Waals surface area contributed by atoms with Crippen LogP contribution in [0.1, 0.15) is 36.6 Å². The first-order chi connectivity index (χ1) is 21.9. The average Bonchev–Trinajstić information content (AvgIpc) is 3.66. The number of anilines is 2. The molecule has 0 radical (unpaired) electrons. The molecule has 10 nitrogen and oxygen atoms in total. The van der Waals surface area contributed by atoms with Crippen LogP contribution in [0, 0.1) is 12.3 Å². The Morgan fingerprint density at radius 3 is 2.43 bits per heavy atom. The molecule has 2 aromatic heterocycles. The van der Waals surface area contributed by atoms with Crippen LogP contribution in [0.25, 0.3) is 16.8 Å². The molecular weight excluding hydrogens is 619 g/mol. The number of nitrogens with zero attached hydrogens (tertiary/aromatic N) is 5. The van der Waals surface area contributed by atoms with E-state index in [1.54, 1.807) is 43.1 Å². The molecule has 2 aromatic carbocycles. The molecule has 46 heavy (non-hydrogen) atoms. The molecule has 0 aliphatic carbocycles. The fourth-order valence-electron chi connectivity index (χ4n) is 6.24. The number of halogens is 3. The maximum atomic E-state index is 14.8. The molecule has 2 aliphatic heterocycles. The molecule has 4 heterocycles. The van der Waals surface area contributed by atoms with Gasteiger partial charge in [-0.05, 0) is 73.2 Å². The van der Waals surface area contributed by atoms with Crippen LogP contribution < -0.4 is 20.7 Å². The second-order valence-corrected chi connectivity index (χ2v) is 12.7. The summed E-state index contributed by atoms with van der Waals surface area (Å²) in [5.74, 6) is -1.03. The largest absolute Gasteiger partial charge is 0.480 e. The van der Waals surface area contributed by atoms with Crippen LogP contribution >= 0.6 is 11.8 Å². The van der Waals surface area contributed by atoms with Crippen molar-refractivity contribution in [2.45, 2.75) is 49.4 Å². The highest BCUT2D eigenvalue weighted by Gasteiger charge is 2.46. The zero-order valence-corrected chi connectivity index (χ0v) is 26.1. The van der Waals surface area contributed by atoms with E-state index in [0.717, 1.165) is 16.0 Å². The van der Waals surface area contributed by atoms with Gasteiger partial charge in [-0.15, -0.1) is 11.8 Å². The van der Waals surface area contributed by atoms with Crippen LogP contribution in [-0.2, 0) is 4.79 Å². The van der Waals surface area contributed by atoms with E-state index in [1.165, 1.54) is 16.8 Å². The number of nitrogens with two attached hydrogens (primary N) is 1. The van der Waals surface area contributed by atoms with E-state index in [1.807, 2.05) is 35.4 Å². The highest BCUT2D eigenvalue weighted by Crippen LogP contribution is 2.43. The molecule has 6 rings (SSSR count). The van der Waals surface area contributed by atoms with Gasteiger partial charge in [-0.2, -0.15) is 28.2 Å². The van der Waals surface area contributed by atoms with E-state index in [0.29, 0.717) is 50.4 Å². The van der Waals surface area contributed by atoms with E-state index in [-0.39, 0.29) is 28.5 Å². The fraction of sp³-hybridized carbons (Fsp3) is 0.375. The van der Waals surface area contributed by atoms with Crippen LogP contribution in [-0.4, -0.2) is 68.9 Å². The second kappa shape index (κ2) is 12.5. The Labute approximate surface area is 268 Å². The monoisotopic (exact) mass is 653 g/mol. The minimum Gasteiger partial charge on any atom is -0.480 e. The van der Waals surface area contributed by atoms with Crippen molar-refractivity contribution in [3.63, 3.8) is 0 Å². The van der Waals surface area contributed by atoms with Gasteiger partial charge in [0.05, 0.1) is 11.4 Å². The van der Waals surface area contributed by atoms with Crippen LogP contribution in [0.15, 0.2) is 65.7 Å². The lowest BCUT2D eigenvalue weighted by molar-refractivity contribution is -0.198. The number of carboxylic acids is 1. The van der Waals surface area contributed by atoms with Gasteiger partial charge in [0.2, 0.25) is 17.9 Å². The summed E-state index contributed by atoms with van der Waals surface area (Å²) in [5, 5.41) is 16.9. The Morgan fingerprint density at radius 2 is 1.83 bits per heavy atom. The maximum absolute atomic E-state index is 14.8. The molecule has 4 N–H and O–H groups in total. The molecule has 1 unspecified atom stereocenters. The Hall–Kier alpha value is -4.30. The van der Waals surface area contributed by atoms with Crippen molar-refractivity contribution < 1.29 is 27.8 Å². The SMILES string of the molecule is CSc1ccc(-c2ccc(C(Oc3cc(N4CCC5(CC4)CN[C@H](C(=O)O)C5)nc(N)n3)C(F)(F)F)c(-n3ccc(C)n3)c2)cc1. The number of carboxylic acid groups (broad SMARTS) is 1. The number of benzene rings is 2.